The number of pyridine rings is 1. The topological polar surface area (TPSA) is 33.1 Å². The molecule has 1 heterocycles. The van der Waals surface area contributed by atoms with Crippen LogP contribution in [0.15, 0.2) is 67.0 Å². The molecular weight excluding hydrogens is 258 g/mol. The molecular formula is C19H19NO. The van der Waals surface area contributed by atoms with Crippen molar-refractivity contribution in [1.29, 1.82) is 0 Å². The van der Waals surface area contributed by atoms with Crippen molar-refractivity contribution in [3.8, 4) is 0 Å². The Bertz CT molecular complexity index is 744. The highest BCUT2D eigenvalue weighted by molar-refractivity contribution is 5.85. The zero-order chi connectivity index (χ0) is 14.9. The van der Waals surface area contributed by atoms with Crippen LogP contribution in [0.2, 0.25) is 0 Å². The molecule has 1 N–H and O–H groups in total. The quantitative estimate of drug-likeness (QED) is 0.776. The number of hydrogen-bond donors (Lipinski definition) is 1. The molecule has 2 heteroatoms. The van der Waals surface area contributed by atoms with Crippen LogP contribution >= 0.6 is 0 Å². The van der Waals surface area contributed by atoms with Gasteiger partial charge in [0, 0.05) is 28.8 Å². The summed E-state index contributed by atoms with van der Waals surface area (Å²) in [5, 5.41) is 13.1. The fourth-order valence-corrected chi connectivity index (χ4v) is 2.77. The van der Waals surface area contributed by atoms with E-state index >= 15 is 0 Å². The zero-order valence-corrected chi connectivity index (χ0v) is 12.3. The monoisotopic (exact) mass is 277 g/mol. The number of nitrogens with zero attached hydrogens (tertiary/aromatic N) is 1. The molecule has 2 aromatic carbocycles. The van der Waals surface area contributed by atoms with Crippen molar-refractivity contribution < 1.29 is 5.11 Å². The number of aliphatic hydroxyl groups is 1. The van der Waals surface area contributed by atoms with Crippen LogP contribution in [0.3, 0.4) is 0 Å². The molecule has 0 fully saturated rings. The second kappa shape index (κ2) is 5.30. The first-order chi connectivity index (χ1) is 10.1. The Morgan fingerprint density at radius 3 is 2.33 bits per heavy atom. The number of rotatable bonds is 3. The van der Waals surface area contributed by atoms with Gasteiger partial charge in [-0.25, -0.2) is 0 Å². The summed E-state index contributed by atoms with van der Waals surface area (Å²) in [6, 6.07) is 18.2. The molecule has 2 nitrogen and oxygen atoms in total. The molecule has 0 spiro atoms. The summed E-state index contributed by atoms with van der Waals surface area (Å²) in [6.07, 6.45) is 3.00. The van der Waals surface area contributed by atoms with Crippen molar-refractivity contribution >= 4 is 10.8 Å². The largest absolute Gasteiger partial charge is 0.387 e. The Kier molecular flexibility index (Phi) is 3.48. The predicted octanol–water partition coefficient (Wildman–Crippen LogP) is 4.25. The molecule has 3 rings (SSSR count). The summed E-state index contributed by atoms with van der Waals surface area (Å²) in [5.74, 6) is 0. The first-order valence-electron chi connectivity index (χ1n) is 7.17. The van der Waals surface area contributed by atoms with E-state index < -0.39 is 6.10 Å². The first kappa shape index (κ1) is 13.8. The average Bonchev–Trinajstić information content (AvgIpc) is 2.54. The van der Waals surface area contributed by atoms with Crippen molar-refractivity contribution in [2.45, 2.75) is 25.4 Å². The van der Waals surface area contributed by atoms with Crippen molar-refractivity contribution in [2.24, 2.45) is 0 Å². The lowest BCUT2D eigenvalue weighted by molar-refractivity contribution is 0.101. The molecule has 1 unspecified atom stereocenters. The number of aliphatic hydroxyl groups excluding tert-OH is 1. The number of aromatic nitrogens is 1. The Balaban J connectivity index is 2.10. The maximum Gasteiger partial charge on any atom is 0.0902 e. The van der Waals surface area contributed by atoms with Crippen molar-refractivity contribution in [3.63, 3.8) is 0 Å². The van der Waals surface area contributed by atoms with Crippen LogP contribution in [0.4, 0.5) is 0 Å². The van der Waals surface area contributed by atoms with E-state index in [1.165, 1.54) is 0 Å². The standard InChI is InChI=1S/C19H19NO/c1-19(2,15-9-4-3-5-10-15)18(21)17-13-20-12-14-8-6-7-11-16(14)17/h3-13,18,21H,1-2H3. The van der Waals surface area contributed by atoms with Gasteiger partial charge in [-0.2, -0.15) is 0 Å². The maximum absolute atomic E-state index is 11.0. The van der Waals surface area contributed by atoms with Crippen LogP contribution in [-0.4, -0.2) is 10.1 Å². The van der Waals surface area contributed by atoms with Gasteiger partial charge in [0.2, 0.25) is 0 Å². The van der Waals surface area contributed by atoms with Gasteiger partial charge in [0.05, 0.1) is 6.10 Å². The Labute approximate surface area is 125 Å². The normalized spacial score (nSPS) is 13.3. The van der Waals surface area contributed by atoms with Gasteiger partial charge < -0.3 is 5.11 Å². The lowest BCUT2D eigenvalue weighted by Crippen LogP contribution is -2.27. The van der Waals surface area contributed by atoms with Crippen molar-refractivity contribution in [1.82, 2.24) is 4.98 Å². The summed E-state index contributed by atoms with van der Waals surface area (Å²) >= 11 is 0. The van der Waals surface area contributed by atoms with E-state index in [0.717, 1.165) is 21.9 Å². The van der Waals surface area contributed by atoms with Crippen LogP contribution in [0.1, 0.15) is 31.1 Å². The third-order valence-corrected chi connectivity index (χ3v) is 4.20. The minimum absolute atomic E-state index is 0.382. The summed E-state index contributed by atoms with van der Waals surface area (Å²) in [6.45, 7) is 4.13. The minimum Gasteiger partial charge on any atom is -0.387 e. The van der Waals surface area contributed by atoms with Gasteiger partial charge in [0.1, 0.15) is 0 Å². The molecule has 0 aliphatic rings. The van der Waals surface area contributed by atoms with Gasteiger partial charge in [-0.15, -0.1) is 0 Å². The van der Waals surface area contributed by atoms with Gasteiger partial charge >= 0.3 is 0 Å². The molecule has 0 aliphatic carbocycles. The van der Waals surface area contributed by atoms with Crippen LogP contribution in [0, 0.1) is 0 Å². The zero-order valence-electron chi connectivity index (χ0n) is 12.3. The number of benzene rings is 2. The molecule has 21 heavy (non-hydrogen) atoms. The molecule has 0 bridgehead atoms. The minimum atomic E-state index is -0.613. The van der Waals surface area contributed by atoms with Gasteiger partial charge in [-0.1, -0.05) is 68.4 Å². The summed E-state index contributed by atoms with van der Waals surface area (Å²) in [5.41, 5.74) is 1.61. The lowest BCUT2D eigenvalue weighted by atomic mass is 9.76. The van der Waals surface area contributed by atoms with Crippen molar-refractivity contribution in [2.75, 3.05) is 0 Å². The fraction of sp³-hybridized carbons (Fsp3) is 0.211. The van der Waals surface area contributed by atoms with Gasteiger partial charge in [-0.05, 0) is 10.9 Å². The predicted molar refractivity (Wildman–Crippen MR) is 86.2 cm³/mol. The molecule has 0 aliphatic heterocycles. The van der Waals surface area contributed by atoms with E-state index in [0.29, 0.717) is 0 Å². The Morgan fingerprint density at radius 1 is 0.905 bits per heavy atom. The highest BCUT2D eigenvalue weighted by Gasteiger charge is 2.32. The second-order valence-corrected chi connectivity index (χ2v) is 5.94. The molecule has 0 saturated carbocycles. The van der Waals surface area contributed by atoms with Gasteiger partial charge in [-0.3, -0.25) is 4.98 Å². The molecule has 0 saturated heterocycles. The second-order valence-electron chi connectivity index (χ2n) is 5.94. The third kappa shape index (κ3) is 2.43. The maximum atomic E-state index is 11.0. The molecule has 0 radical (unpaired) electrons. The van der Waals surface area contributed by atoms with Crippen LogP contribution in [0.5, 0.6) is 0 Å². The molecule has 0 amide bonds. The molecule has 3 aromatic rings. The van der Waals surface area contributed by atoms with Crippen LogP contribution < -0.4 is 0 Å². The highest BCUT2D eigenvalue weighted by Crippen LogP contribution is 2.38. The van der Waals surface area contributed by atoms with E-state index in [1.807, 2.05) is 48.7 Å². The van der Waals surface area contributed by atoms with Gasteiger partial charge in [0.15, 0.2) is 0 Å². The summed E-state index contributed by atoms with van der Waals surface area (Å²) in [4.78, 5) is 4.28. The van der Waals surface area contributed by atoms with E-state index in [4.69, 9.17) is 0 Å². The van der Waals surface area contributed by atoms with Crippen LogP contribution in [0.25, 0.3) is 10.8 Å². The van der Waals surface area contributed by atoms with E-state index in [-0.39, 0.29) is 5.41 Å². The van der Waals surface area contributed by atoms with E-state index in [9.17, 15) is 5.11 Å². The number of fused-ring (bicyclic) bond motifs is 1. The Hall–Kier alpha value is -2.19. The van der Waals surface area contributed by atoms with E-state index in [2.05, 4.69) is 31.0 Å². The summed E-state index contributed by atoms with van der Waals surface area (Å²) in [7, 11) is 0. The summed E-state index contributed by atoms with van der Waals surface area (Å²) < 4.78 is 0. The first-order valence-corrected chi connectivity index (χ1v) is 7.17. The molecule has 106 valence electrons. The van der Waals surface area contributed by atoms with Gasteiger partial charge in [0.25, 0.3) is 0 Å². The van der Waals surface area contributed by atoms with Crippen molar-refractivity contribution in [3.05, 3.63) is 78.1 Å². The SMILES string of the molecule is CC(C)(c1ccccc1)C(O)c1cncc2ccccc12. The molecule has 1 atom stereocenters. The fourth-order valence-electron chi connectivity index (χ4n) is 2.77. The van der Waals surface area contributed by atoms with E-state index in [1.54, 1.807) is 6.20 Å². The average molecular weight is 277 g/mol. The third-order valence-electron chi connectivity index (χ3n) is 4.20. The smallest absolute Gasteiger partial charge is 0.0902 e. The molecule has 1 aromatic heterocycles. The lowest BCUT2D eigenvalue weighted by Gasteiger charge is -2.32. The Morgan fingerprint density at radius 2 is 1.57 bits per heavy atom. The highest BCUT2D eigenvalue weighted by atomic mass is 16.3. The van der Waals surface area contributed by atoms with Crippen LogP contribution in [-0.2, 0) is 5.41 Å². The number of hydrogen-bond acceptors (Lipinski definition) is 2.